The highest BCUT2D eigenvalue weighted by Crippen LogP contribution is 2.42. The topological polar surface area (TPSA) is 96.0 Å². The van der Waals surface area contributed by atoms with Gasteiger partial charge in [-0.3, -0.25) is 4.79 Å². The molecule has 0 spiro atoms. The fourth-order valence-corrected chi connectivity index (χ4v) is 3.49. The number of hydrogen-bond donors (Lipinski definition) is 1. The number of aromatic nitrogens is 4. The molecule has 2 aromatic rings. The normalized spacial score (nSPS) is 21.9. The van der Waals surface area contributed by atoms with Crippen molar-refractivity contribution in [1.82, 2.24) is 20.1 Å². The zero-order chi connectivity index (χ0) is 17.8. The molecule has 132 valence electrons. The molecule has 1 amide bonds. The van der Waals surface area contributed by atoms with Gasteiger partial charge < -0.3 is 15.3 Å². The Morgan fingerprint density at radius 1 is 1.44 bits per heavy atom. The number of carbonyl (C=O) groups excluding carboxylic acids is 1. The van der Waals surface area contributed by atoms with Crippen molar-refractivity contribution in [3.05, 3.63) is 40.7 Å². The molecular formula is C17H21N5O3. The Labute approximate surface area is 145 Å². The van der Waals surface area contributed by atoms with E-state index in [9.17, 15) is 10.0 Å². The van der Waals surface area contributed by atoms with Crippen molar-refractivity contribution in [1.29, 1.82) is 0 Å². The van der Waals surface area contributed by atoms with E-state index in [1.807, 2.05) is 20.8 Å². The minimum atomic E-state index is -0.383. The highest BCUT2D eigenvalue weighted by atomic mass is 16.5. The molecule has 1 N–H and O–H groups in total. The van der Waals surface area contributed by atoms with Gasteiger partial charge in [-0.05, 0) is 33.6 Å². The van der Waals surface area contributed by atoms with Crippen LogP contribution in [0.1, 0.15) is 61.5 Å². The molecule has 0 aliphatic carbocycles. The van der Waals surface area contributed by atoms with E-state index < -0.39 is 0 Å². The van der Waals surface area contributed by atoms with Crippen LogP contribution in [0.3, 0.4) is 0 Å². The highest BCUT2D eigenvalue weighted by Gasteiger charge is 2.40. The molecule has 2 atom stereocenters. The maximum Gasteiger partial charge on any atom is 0.270 e. The summed E-state index contributed by atoms with van der Waals surface area (Å²) in [6.07, 6.45) is 6.59. The minimum Gasteiger partial charge on any atom is -0.619 e. The summed E-state index contributed by atoms with van der Waals surface area (Å²) in [5, 5.41) is 19.3. The summed E-state index contributed by atoms with van der Waals surface area (Å²) in [7, 11) is 0. The molecule has 0 saturated carbocycles. The second-order valence-corrected chi connectivity index (χ2v) is 7.63. The van der Waals surface area contributed by atoms with Crippen LogP contribution in [0, 0.1) is 5.21 Å². The summed E-state index contributed by atoms with van der Waals surface area (Å²) in [6.45, 7) is 5.78. The van der Waals surface area contributed by atoms with Crippen molar-refractivity contribution >= 4 is 5.91 Å². The summed E-state index contributed by atoms with van der Waals surface area (Å²) >= 11 is 0. The number of rotatable bonds is 2. The van der Waals surface area contributed by atoms with Gasteiger partial charge in [0.05, 0.1) is 18.0 Å². The van der Waals surface area contributed by atoms with Gasteiger partial charge >= 0.3 is 0 Å². The fourth-order valence-electron chi connectivity index (χ4n) is 3.49. The number of hydrogen-bond acceptors (Lipinski definition) is 5. The third-order valence-electron chi connectivity index (χ3n) is 4.44. The number of fused-ring (bicyclic) bond motifs is 4. The monoisotopic (exact) mass is 343 g/mol. The Morgan fingerprint density at radius 3 is 2.96 bits per heavy atom. The maximum atomic E-state index is 13.0. The van der Waals surface area contributed by atoms with Crippen molar-refractivity contribution < 1.29 is 14.3 Å². The third-order valence-corrected chi connectivity index (χ3v) is 4.44. The molecule has 1 saturated heterocycles. The first kappa shape index (κ1) is 16.0. The quantitative estimate of drug-likeness (QED) is 0.653. The second kappa shape index (κ2) is 5.52. The first-order valence-corrected chi connectivity index (χ1v) is 8.47. The summed E-state index contributed by atoms with van der Waals surface area (Å²) in [6, 6.07) is 0. The SMILES string of the molecule is CC(C)(C)NC(=O)c1c2c(nn1-c1c[n+]([O-])ccn1)C1CCC(C2)O1. The molecule has 4 rings (SSSR count). The maximum absolute atomic E-state index is 13.0. The lowest BCUT2D eigenvalue weighted by atomic mass is 10.0. The van der Waals surface area contributed by atoms with Gasteiger partial charge in [-0.1, -0.05) is 0 Å². The first-order valence-electron chi connectivity index (χ1n) is 8.47. The van der Waals surface area contributed by atoms with E-state index in [4.69, 9.17) is 4.74 Å². The Hall–Kier alpha value is -2.48. The van der Waals surface area contributed by atoms with Crippen LogP contribution in [0.15, 0.2) is 18.6 Å². The van der Waals surface area contributed by atoms with Crippen LogP contribution in [0.2, 0.25) is 0 Å². The van der Waals surface area contributed by atoms with Gasteiger partial charge in [-0.15, -0.1) is 0 Å². The van der Waals surface area contributed by atoms with Crippen LogP contribution in [-0.2, 0) is 11.2 Å². The Bertz CT molecular complexity index is 839. The van der Waals surface area contributed by atoms with Crippen LogP contribution >= 0.6 is 0 Å². The van der Waals surface area contributed by atoms with Crippen LogP contribution < -0.4 is 10.0 Å². The third kappa shape index (κ3) is 2.86. The average Bonchev–Trinajstić information content (AvgIpc) is 3.08. The summed E-state index contributed by atoms with van der Waals surface area (Å²) in [5.74, 6) is 0.104. The van der Waals surface area contributed by atoms with Gasteiger partial charge in [0.2, 0.25) is 12.0 Å². The Balaban J connectivity index is 1.86. The molecule has 2 aromatic heterocycles. The van der Waals surface area contributed by atoms with Crippen molar-refractivity contribution in [2.45, 2.75) is 57.8 Å². The highest BCUT2D eigenvalue weighted by molar-refractivity contribution is 5.95. The molecule has 8 nitrogen and oxygen atoms in total. The first-order chi connectivity index (χ1) is 11.8. The van der Waals surface area contributed by atoms with E-state index in [1.165, 1.54) is 23.3 Å². The van der Waals surface area contributed by atoms with E-state index in [0.717, 1.165) is 24.1 Å². The largest absolute Gasteiger partial charge is 0.619 e. The predicted molar refractivity (Wildman–Crippen MR) is 88.1 cm³/mol. The van der Waals surface area contributed by atoms with E-state index in [0.29, 0.717) is 22.7 Å². The fraction of sp³-hybridized carbons (Fsp3) is 0.529. The number of nitrogens with zero attached hydrogens (tertiary/aromatic N) is 4. The molecule has 0 radical (unpaired) electrons. The zero-order valence-corrected chi connectivity index (χ0v) is 14.5. The average molecular weight is 343 g/mol. The standard InChI is InChI=1S/C17H21N5O3/c1-17(2,3)19-16(23)15-11-8-10-4-5-12(25-10)14(11)20-22(15)13-9-21(24)7-6-18-13/h6-7,9-10,12H,4-5,8H2,1-3H3,(H,19,23). The molecule has 0 aromatic carbocycles. The predicted octanol–water partition coefficient (Wildman–Crippen LogP) is 1.21. The lowest BCUT2D eigenvalue weighted by molar-refractivity contribution is -0.605. The van der Waals surface area contributed by atoms with Gasteiger partial charge in [0.15, 0.2) is 6.20 Å². The smallest absolute Gasteiger partial charge is 0.270 e. The van der Waals surface area contributed by atoms with Crippen molar-refractivity contribution in [3.63, 3.8) is 0 Å². The molecule has 8 heteroatoms. The van der Waals surface area contributed by atoms with E-state index in [1.54, 1.807) is 0 Å². The Kier molecular flexibility index (Phi) is 3.54. The van der Waals surface area contributed by atoms with E-state index in [-0.39, 0.29) is 23.7 Å². The zero-order valence-electron chi connectivity index (χ0n) is 14.5. The molecule has 4 heterocycles. The van der Waals surface area contributed by atoms with Crippen LogP contribution in [0.5, 0.6) is 0 Å². The van der Waals surface area contributed by atoms with Gasteiger partial charge in [-0.25, -0.2) is 9.67 Å². The summed E-state index contributed by atoms with van der Waals surface area (Å²) < 4.78 is 8.06. The van der Waals surface area contributed by atoms with Gasteiger partial charge in [-0.2, -0.15) is 9.83 Å². The minimum absolute atomic E-state index is 0.0840. The molecule has 25 heavy (non-hydrogen) atoms. The second-order valence-electron chi connectivity index (χ2n) is 7.63. The van der Waals surface area contributed by atoms with E-state index >= 15 is 0 Å². The lowest BCUT2D eigenvalue weighted by Gasteiger charge is -2.23. The molecule has 2 aliphatic rings. The van der Waals surface area contributed by atoms with Gasteiger partial charge in [0.25, 0.3) is 5.91 Å². The Morgan fingerprint density at radius 2 is 2.24 bits per heavy atom. The summed E-state index contributed by atoms with van der Waals surface area (Å²) in [5.41, 5.74) is 1.76. The molecule has 2 aliphatic heterocycles. The van der Waals surface area contributed by atoms with Gasteiger partial charge in [0.1, 0.15) is 11.8 Å². The number of nitrogens with one attached hydrogen (secondary N) is 1. The van der Waals surface area contributed by atoms with Crippen LogP contribution in [0.25, 0.3) is 5.82 Å². The number of ether oxygens (including phenoxy) is 1. The van der Waals surface area contributed by atoms with Crippen molar-refractivity contribution in [2.75, 3.05) is 0 Å². The van der Waals surface area contributed by atoms with Crippen molar-refractivity contribution in [3.8, 4) is 5.82 Å². The van der Waals surface area contributed by atoms with E-state index in [2.05, 4.69) is 15.4 Å². The number of carbonyl (C=O) groups is 1. The number of amides is 1. The molecule has 1 fully saturated rings. The molecule has 2 bridgehead atoms. The van der Waals surface area contributed by atoms with Gasteiger partial charge in [0, 0.05) is 17.5 Å². The molecular weight excluding hydrogens is 322 g/mol. The van der Waals surface area contributed by atoms with Crippen molar-refractivity contribution in [2.24, 2.45) is 0 Å². The van der Waals surface area contributed by atoms with Crippen LogP contribution in [-0.4, -0.2) is 32.3 Å². The lowest BCUT2D eigenvalue weighted by Crippen LogP contribution is -2.42. The van der Waals surface area contributed by atoms with Crippen LogP contribution in [0.4, 0.5) is 0 Å². The summed E-state index contributed by atoms with van der Waals surface area (Å²) in [4.78, 5) is 17.2. The molecule has 2 unspecified atom stereocenters.